The van der Waals surface area contributed by atoms with Gasteiger partial charge in [0.15, 0.2) is 0 Å². The van der Waals surface area contributed by atoms with Crippen LogP contribution in [0.4, 0.5) is 0 Å². The van der Waals surface area contributed by atoms with E-state index in [4.69, 9.17) is 4.74 Å². The molecule has 2 saturated carbocycles. The van der Waals surface area contributed by atoms with Gasteiger partial charge in [0.05, 0.1) is 5.56 Å². The van der Waals surface area contributed by atoms with Gasteiger partial charge in [-0.1, -0.05) is 32.0 Å². The molecule has 2 aliphatic carbocycles. The molecule has 0 bridgehead atoms. The summed E-state index contributed by atoms with van der Waals surface area (Å²) in [6.45, 7) is 4.26. The number of hydrogen-bond donors (Lipinski definition) is 0. The fourth-order valence-electron chi connectivity index (χ4n) is 4.37. The van der Waals surface area contributed by atoms with Gasteiger partial charge in [-0.25, -0.2) is 4.79 Å². The number of hydrogen-bond acceptors (Lipinski definition) is 3. The number of rotatable bonds is 2. The van der Waals surface area contributed by atoms with Crippen LogP contribution in [0.5, 0.6) is 0 Å². The van der Waals surface area contributed by atoms with Gasteiger partial charge in [0.2, 0.25) is 0 Å². The number of benzene rings is 1. The Labute approximate surface area is 132 Å². The van der Waals surface area contributed by atoms with Crippen molar-refractivity contribution in [2.75, 3.05) is 0 Å². The van der Waals surface area contributed by atoms with Crippen LogP contribution in [0.2, 0.25) is 0 Å². The highest BCUT2D eigenvalue weighted by Crippen LogP contribution is 2.51. The van der Waals surface area contributed by atoms with Crippen LogP contribution in [0.1, 0.15) is 56.3 Å². The summed E-state index contributed by atoms with van der Waals surface area (Å²) >= 11 is 0. The molecule has 0 N–H and O–H groups in total. The number of fused-ring (bicyclic) bond motifs is 1. The molecule has 0 heterocycles. The van der Waals surface area contributed by atoms with Crippen molar-refractivity contribution in [3.63, 3.8) is 0 Å². The van der Waals surface area contributed by atoms with Crippen molar-refractivity contribution in [3.05, 3.63) is 35.9 Å². The van der Waals surface area contributed by atoms with Crippen molar-refractivity contribution >= 4 is 11.8 Å². The van der Waals surface area contributed by atoms with Crippen LogP contribution >= 0.6 is 0 Å². The second-order valence-electron chi connectivity index (χ2n) is 7.05. The van der Waals surface area contributed by atoms with Gasteiger partial charge in [-0.2, -0.15) is 0 Å². The maximum Gasteiger partial charge on any atom is 0.338 e. The van der Waals surface area contributed by atoms with E-state index in [0.717, 1.165) is 25.7 Å². The number of esters is 1. The topological polar surface area (TPSA) is 43.4 Å². The van der Waals surface area contributed by atoms with Gasteiger partial charge in [-0.05, 0) is 49.7 Å². The third kappa shape index (κ3) is 2.57. The highest BCUT2D eigenvalue weighted by atomic mass is 16.5. The van der Waals surface area contributed by atoms with Crippen LogP contribution in [0, 0.1) is 17.3 Å². The first kappa shape index (κ1) is 15.3. The fourth-order valence-corrected chi connectivity index (χ4v) is 4.37. The Kier molecular flexibility index (Phi) is 4.07. The van der Waals surface area contributed by atoms with Crippen LogP contribution in [0.15, 0.2) is 30.3 Å². The average molecular weight is 300 g/mol. The second-order valence-corrected chi connectivity index (χ2v) is 7.05. The quantitative estimate of drug-likeness (QED) is 0.775. The molecule has 1 aromatic carbocycles. The zero-order valence-corrected chi connectivity index (χ0v) is 13.4. The highest BCUT2D eigenvalue weighted by Gasteiger charge is 2.51. The molecule has 0 saturated heterocycles. The Balaban J connectivity index is 1.72. The van der Waals surface area contributed by atoms with E-state index >= 15 is 0 Å². The predicted molar refractivity (Wildman–Crippen MR) is 84.5 cm³/mol. The first-order valence-corrected chi connectivity index (χ1v) is 8.32. The molecule has 3 nitrogen and oxygen atoms in total. The van der Waals surface area contributed by atoms with Gasteiger partial charge in [0.1, 0.15) is 11.9 Å². The lowest BCUT2D eigenvalue weighted by atomic mass is 9.56. The molecule has 0 amide bonds. The maximum absolute atomic E-state index is 12.3. The molecule has 0 aromatic heterocycles. The largest absolute Gasteiger partial charge is 0.458 e. The van der Waals surface area contributed by atoms with Crippen molar-refractivity contribution in [1.82, 2.24) is 0 Å². The molecule has 0 radical (unpaired) electrons. The lowest BCUT2D eigenvalue weighted by Gasteiger charge is -2.49. The van der Waals surface area contributed by atoms with Crippen LogP contribution in [-0.2, 0) is 9.53 Å². The molecular weight excluding hydrogens is 276 g/mol. The van der Waals surface area contributed by atoms with E-state index in [2.05, 4.69) is 13.8 Å². The number of carbonyl (C=O) groups is 2. The molecule has 1 aromatic rings. The summed E-state index contributed by atoms with van der Waals surface area (Å²) in [5, 5.41) is 0. The third-order valence-corrected chi connectivity index (χ3v) is 5.81. The van der Waals surface area contributed by atoms with E-state index < -0.39 is 0 Å². The van der Waals surface area contributed by atoms with Crippen molar-refractivity contribution in [2.45, 2.75) is 52.1 Å². The number of ether oxygens (including phenoxy) is 1. The Bertz CT molecular complexity index is 565. The minimum absolute atomic E-state index is 0.0725. The molecule has 22 heavy (non-hydrogen) atoms. The summed E-state index contributed by atoms with van der Waals surface area (Å²) in [5.74, 6) is 0.748. The molecule has 118 valence electrons. The fraction of sp³-hybridized carbons (Fsp3) is 0.579. The Morgan fingerprint density at radius 2 is 1.95 bits per heavy atom. The highest BCUT2D eigenvalue weighted by molar-refractivity contribution is 5.89. The molecule has 0 spiro atoms. The summed E-state index contributed by atoms with van der Waals surface area (Å²) in [7, 11) is 0. The van der Waals surface area contributed by atoms with Crippen molar-refractivity contribution in [1.29, 1.82) is 0 Å². The summed E-state index contributed by atoms with van der Waals surface area (Å²) in [6.07, 6.45) is 4.32. The van der Waals surface area contributed by atoms with Gasteiger partial charge in [-0.15, -0.1) is 0 Å². The van der Waals surface area contributed by atoms with E-state index in [1.807, 2.05) is 18.2 Å². The molecule has 3 heteroatoms. The summed E-state index contributed by atoms with van der Waals surface area (Å²) < 4.78 is 5.77. The zero-order valence-electron chi connectivity index (χ0n) is 13.4. The molecule has 0 aliphatic heterocycles. The summed E-state index contributed by atoms with van der Waals surface area (Å²) in [4.78, 5) is 24.6. The number of ketones is 1. The number of Topliss-reactive ketones (excluding diaryl/α,β-unsaturated/α-hetero) is 1. The van der Waals surface area contributed by atoms with Gasteiger partial charge in [0, 0.05) is 11.8 Å². The third-order valence-electron chi connectivity index (χ3n) is 5.81. The van der Waals surface area contributed by atoms with Crippen LogP contribution in [0.25, 0.3) is 0 Å². The predicted octanol–water partition coefficient (Wildman–Crippen LogP) is 4.02. The summed E-state index contributed by atoms with van der Waals surface area (Å²) in [5.41, 5.74) is 0.399. The van der Waals surface area contributed by atoms with E-state index in [-0.39, 0.29) is 23.4 Å². The molecule has 2 aliphatic rings. The van der Waals surface area contributed by atoms with Gasteiger partial charge in [-0.3, -0.25) is 4.79 Å². The Morgan fingerprint density at radius 3 is 2.68 bits per heavy atom. The first-order chi connectivity index (χ1) is 10.5. The van der Waals surface area contributed by atoms with Crippen LogP contribution < -0.4 is 0 Å². The molecular formula is C19H24O3. The zero-order chi connectivity index (χ0) is 15.7. The van der Waals surface area contributed by atoms with E-state index in [0.29, 0.717) is 23.7 Å². The van der Waals surface area contributed by atoms with Crippen molar-refractivity contribution in [3.8, 4) is 0 Å². The van der Waals surface area contributed by atoms with Gasteiger partial charge < -0.3 is 4.74 Å². The van der Waals surface area contributed by atoms with Crippen LogP contribution in [0.3, 0.4) is 0 Å². The van der Waals surface area contributed by atoms with Gasteiger partial charge in [0.25, 0.3) is 0 Å². The normalized spacial score (nSPS) is 34.8. The SMILES string of the molecule is C[C@H]1[C@@H](OC(=O)c2ccccc2)CC[C@@]2(C)C(=O)CCC[C@H]12. The minimum atomic E-state index is -0.247. The smallest absolute Gasteiger partial charge is 0.338 e. The Morgan fingerprint density at radius 1 is 1.23 bits per heavy atom. The minimum Gasteiger partial charge on any atom is -0.458 e. The molecule has 0 unspecified atom stereocenters. The lowest BCUT2D eigenvalue weighted by Crippen LogP contribution is -2.50. The average Bonchev–Trinajstić information content (AvgIpc) is 2.53. The van der Waals surface area contributed by atoms with E-state index in [1.165, 1.54) is 0 Å². The summed E-state index contributed by atoms with van der Waals surface area (Å²) in [6, 6.07) is 9.14. The standard InChI is InChI=1S/C19H24O3/c1-13-15-9-6-10-17(20)19(15,2)12-11-16(13)22-18(21)14-7-4-3-5-8-14/h3-5,7-8,13,15-16H,6,9-12H2,1-2H3/t13-,15-,16+,19-/m1/s1. The molecule has 3 rings (SSSR count). The molecule has 4 atom stereocenters. The number of carbonyl (C=O) groups excluding carboxylic acids is 2. The monoisotopic (exact) mass is 300 g/mol. The van der Waals surface area contributed by atoms with Crippen molar-refractivity contribution in [2.24, 2.45) is 17.3 Å². The van der Waals surface area contributed by atoms with Gasteiger partial charge >= 0.3 is 5.97 Å². The maximum atomic E-state index is 12.3. The van der Waals surface area contributed by atoms with Crippen molar-refractivity contribution < 1.29 is 14.3 Å². The Hall–Kier alpha value is -1.64. The lowest BCUT2D eigenvalue weighted by molar-refractivity contribution is -0.143. The molecule has 2 fully saturated rings. The van der Waals surface area contributed by atoms with E-state index in [1.54, 1.807) is 12.1 Å². The van der Waals surface area contributed by atoms with E-state index in [9.17, 15) is 9.59 Å². The second kappa shape index (κ2) is 5.86. The first-order valence-electron chi connectivity index (χ1n) is 8.32. The van der Waals surface area contributed by atoms with Crippen LogP contribution in [-0.4, -0.2) is 17.9 Å².